The van der Waals surface area contributed by atoms with Gasteiger partial charge in [-0.2, -0.15) is 5.10 Å². The number of aryl methyl sites for hydroxylation is 1. The van der Waals surface area contributed by atoms with Gasteiger partial charge >= 0.3 is 0 Å². The van der Waals surface area contributed by atoms with Crippen LogP contribution in [0, 0.1) is 0 Å². The summed E-state index contributed by atoms with van der Waals surface area (Å²) in [5, 5.41) is 8.75. The van der Waals surface area contributed by atoms with Gasteiger partial charge in [0.05, 0.1) is 5.52 Å². The molecule has 0 atom stereocenters. The molecule has 0 saturated carbocycles. The molecular weight excluding hydrogens is 162 g/mol. The quantitative estimate of drug-likeness (QED) is 0.745. The first-order valence-corrected chi connectivity index (χ1v) is 4.37. The molecular formula is C10H13N3. The van der Waals surface area contributed by atoms with Gasteiger partial charge in [0, 0.05) is 25.2 Å². The van der Waals surface area contributed by atoms with E-state index in [1.54, 1.807) is 0 Å². The van der Waals surface area contributed by atoms with Gasteiger partial charge in [0.25, 0.3) is 0 Å². The fourth-order valence-corrected chi connectivity index (χ4v) is 1.56. The van der Waals surface area contributed by atoms with Crippen molar-refractivity contribution in [1.29, 1.82) is 0 Å². The molecule has 0 aliphatic heterocycles. The molecule has 2 rings (SSSR count). The third kappa shape index (κ3) is 1.42. The van der Waals surface area contributed by atoms with E-state index >= 15 is 0 Å². The summed E-state index contributed by atoms with van der Waals surface area (Å²) in [5.74, 6) is 0. The minimum absolute atomic E-state index is 0.869. The highest BCUT2D eigenvalue weighted by molar-refractivity contribution is 5.81. The minimum atomic E-state index is 0.869. The van der Waals surface area contributed by atoms with Crippen molar-refractivity contribution < 1.29 is 0 Å². The Morgan fingerprint density at radius 2 is 2.31 bits per heavy atom. The van der Waals surface area contributed by atoms with Crippen LogP contribution < -0.4 is 5.32 Å². The molecule has 0 aliphatic carbocycles. The van der Waals surface area contributed by atoms with E-state index in [-0.39, 0.29) is 0 Å². The van der Waals surface area contributed by atoms with Crippen LogP contribution in [0.15, 0.2) is 24.4 Å². The maximum absolute atomic E-state index is 4.41. The van der Waals surface area contributed by atoms with Gasteiger partial charge in [0.2, 0.25) is 0 Å². The van der Waals surface area contributed by atoms with Gasteiger partial charge in [-0.25, -0.2) is 0 Å². The number of nitrogens with zero attached hydrogens (tertiary/aromatic N) is 2. The van der Waals surface area contributed by atoms with Crippen LogP contribution in [0.5, 0.6) is 0 Å². The Morgan fingerprint density at radius 1 is 1.46 bits per heavy atom. The summed E-state index contributed by atoms with van der Waals surface area (Å²) in [6.45, 7) is 0.869. The lowest BCUT2D eigenvalue weighted by molar-refractivity contribution is 0.771. The molecule has 0 fully saturated rings. The number of benzene rings is 1. The van der Waals surface area contributed by atoms with Crippen LogP contribution in [0.2, 0.25) is 0 Å². The number of aromatic nitrogens is 2. The van der Waals surface area contributed by atoms with Crippen LogP contribution in [-0.2, 0) is 13.6 Å². The second-order valence-electron chi connectivity index (χ2n) is 3.19. The molecule has 1 aromatic carbocycles. The molecule has 0 saturated heterocycles. The summed E-state index contributed by atoms with van der Waals surface area (Å²) >= 11 is 0. The van der Waals surface area contributed by atoms with Crippen LogP contribution in [-0.4, -0.2) is 16.8 Å². The van der Waals surface area contributed by atoms with Gasteiger partial charge in [-0.3, -0.25) is 4.68 Å². The Hall–Kier alpha value is -1.35. The van der Waals surface area contributed by atoms with Gasteiger partial charge in [0.15, 0.2) is 0 Å². The normalized spacial score (nSPS) is 10.9. The number of fused-ring (bicyclic) bond motifs is 1. The van der Waals surface area contributed by atoms with E-state index in [1.807, 2.05) is 25.0 Å². The molecule has 1 heterocycles. The molecule has 0 spiro atoms. The molecule has 0 bridgehead atoms. The number of nitrogens with one attached hydrogen (secondary N) is 1. The van der Waals surface area contributed by atoms with Crippen LogP contribution in [0.4, 0.5) is 0 Å². The van der Waals surface area contributed by atoms with Crippen molar-refractivity contribution in [3.05, 3.63) is 30.0 Å². The van der Waals surface area contributed by atoms with E-state index in [2.05, 4.69) is 28.6 Å². The molecule has 3 nitrogen and oxygen atoms in total. The lowest BCUT2D eigenvalue weighted by Gasteiger charge is -1.99. The molecule has 13 heavy (non-hydrogen) atoms. The Bertz CT molecular complexity index is 417. The highest BCUT2D eigenvalue weighted by Gasteiger charge is 2.02. The second-order valence-corrected chi connectivity index (χ2v) is 3.19. The zero-order chi connectivity index (χ0) is 9.26. The average molecular weight is 175 g/mol. The molecule has 0 aliphatic rings. The minimum Gasteiger partial charge on any atom is -0.316 e. The lowest BCUT2D eigenvalue weighted by Crippen LogP contribution is -2.05. The summed E-state index contributed by atoms with van der Waals surface area (Å²) in [6, 6.07) is 6.25. The molecule has 1 aromatic heterocycles. The summed E-state index contributed by atoms with van der Waals surface area (Å²) in [4.78, 5) is 0. The summed E-state index contributed by atoms with van der Waals surface area (Å²) < 4.78 is 1.85. The molecule has 0 radical (unpaired) electrons. The summed E-state index contributed by atoms with van der Waals surface area (Å²) in [6.07, 6.45) is 2.04. The van der Waals surface area contributed by atoms with E-state index in [0.717, 1.165) is 12.1 Å². The molecule has 0 amide bonds. The molecule has 3 heteroatoms. The van der Waals surface area contributed by atoms with E-state index in [1.165, 1.54) is 10.9 Å². The number of rotatable bonds is 2. The first-order chi connectivity index (χ1) is 6.31. The first-order valence-electron chi connectivity index (χ1n) is 4.37. The zero-order valence-electron chi connectivity index (χ0n) is 7.91. The van der Waals surface area contributed by atoms with E-state index in [4.69, 9.17) is 0 Å². The average Bonchev–Trinajstić information content (AvgIpc) is 2.47. The first kappa shape index (κ1) is 8.26. The van der Waals surface area contributed by atoms with Gasteiger partial charge in [0.1, 0.15) is 0 Å². The van der Waals surface area contributed by atoms with Gasteiger partial charge in [-0.05, 0) is 12.6 Å². The predicted octanol–water partition coefficient (Wildman–Crippen LogP) is 1.29. The second kappa shape index (κ2) is 3.18. The van der Waals surface area contributed by atoms with E-state index in [0.29, 0.717) is 0 Å². The smallest absolute Gasteiger partial charge is 0.0968 e. The summed E-state index contributed by atoms with van der Waals surface area (Å²) in [7, 11) is 3.89. The van der Waals surface area contributed by atoms with Crippen molar-refractivity contribution >= 4 is 10.9 Å². The fraction of sp³-hybridized carbons (Fsp3) is 0.300. The Morgan fingerprint density at radius 3 is 3.08 bits per heavy atom. The largest absolute Gasteiger partial charge is 0.316 e. The van der Waals surface area contributed by atoms with Crippen molar-refractivity contribution in [2.45, 2.75) is 6.54 Å². The van der Waals surface area contributed by atoms with Crippen molar-refractivity contribution in [3.8, 4) is 0 Å². The van der Waals surface area contributed by atoms with Crippen molar-refractivity contribution in [2.24, 2.45) is 7.05 Å². The van der Waals surface area contributed by atoms with Crippen LogP contribution in [0.25, 0.3) is 10.9 Å². The maximum Gasteiger partial charge on any atom is 0.0968 e. The Balaban J connectivity index is 2.60. The Labute approximate surface area is 77.4 Å². The number of hydrogen-bond donors (Lipinski definition) is 1. The SMILES string of the molecule is CNCc1cccc2cn(C)nc12. The molecule has 0 unspecified atom stereocenters. The van der Waals surface area contributed by atoms with Gasteiger partial charge < -0.3 is 5.32 Å². The highest BCUT2D eigenvalue weighted by atomic mass is 15.2. The molecule has 1 N–H and O–H groups in total. The molecule has 68 valence electrons. The molecule has 2 aromatic rings. The monoisotopic (exact) mass is 175 g/mol. The standard InChI is InChI=1S/C10H13N3/c1-11-6-8-4-3-5-9-7-13(2)12-10(8)9/h3-5,7,11H,6H2,1-2H3. The predicted molar refractivity (Wildman–Crippen MR) is 53.5 cm³/mol. The third-order valence-electron chi connectivity index (χ3n) is 2.10. The van der Waals surface area contributed by atoms with Crippen LogP contribution >= 0.6 is 0 Å². The van der Waals surface area contributed by atoms with Crippen LogP contribution in [0.3, 0.4) is 0 Å². The third-order valence-corrected chi connectivity index (χ3v) is 2.10. The topological polar surface area (TPSA) is 29.9 Å². The van der Waals surface area contributed by atoms with Crippen molar-refractivity contribution in [3.63, 3.8) is 0 Å². The van der Waals surface area contributed by atoms with E-state index < -0.39 is 0 Å². The van der Waals surface area contributed by atoms with Gasteiger partial charge in [-0.15, -0.1) is 0 Å². The zero-order valence-corrected chi connectivity index (χ0v) is 7.91. The van der Waals surface area contributed by atoms with Crippen molar-refractivity contribution in [1.82, 2.24) is 15.1 Å². The van der Waals surface area contributed by atoms with Gasteiger partial charge in [-0.1, -0.05) is 18.2 Å². The van der Waals surface area contributed by atoms with E-state index in [9.17, 15) is 0 Å². The lowest BCUT2D eigenvalue weighted by atomic mass is 10.1. The maximum atomic E-state index is 4.41. The number of hydrogen-bond acceptors (Lipinski definition) is 2. The fourth-order valence-electron chi connectivity index (χ4n) is 1.56. The van der Waals surface area contributed by atoms with Crippen LogP contribution in [0.1, 0.15) is 5.56 Å². The summed E-state index contributed by atoms with van der Waals surface area (Å²) in [5.41, 5.74) is 2.35. The highest BCUT2D eigenvalue weighted by Crippen LogP contribution is 2.15. The van der Waals surface area contributed by atoms with Crippen molar-refractivity contribution in [2.75, 3.05) is 7.05 Å². The Kier molecular flexibility index (Phi) is 2.02.